The summed E-state index contributed by atoms with van der Waals surface area (Å²) in [4.78, 5) is 92.5. The van der Waals surface area contributed by atoms with Gasteiger partial charge in [-0.15, -0.1) is 0 Å². The zero-order valence-corrected chi connectivity index (χ0v) is 39.8. The highest BCUT2D eigenvalue weighted by Crippen LogP contribution is 2.66. The van der Waals surface area contributed by atoms with Gasteiger partial charge in [0.15, 0.2) is 0 Å². The maximum atomic E-state index is 16.7. The number of amides is 4. The molecule has 3 saturated heterocycles. The number of urea groups is 1. The predicted molar refractivity (Wildman–Crippen MR) is 263 cm³/mol. The van der Waals surface area contributed by atoms with Crippen molar-refractivity contribution >= 4 is 41.4 Å². The van der Waals surface area contributed by atoms with Gasteiger partial charge in [-0.3, -0.25) is 19.3 Å². The number of fused-ring (bicyclic) bond motifs is 3. The molecular weight excluding hydrogens is 899 g/mol. The van der Waals surface area contributed by atoms with E-state index in [1.54, 1.807) is 67.5 Å². The third-order valence-corrected chi connectivity index (χ3v) is 14.6. The molecule has 10 rings (SSSR count). The number of nitrogens with one attached hydrogen (secondary N) is 1. The summed E-state index contributed by atoms with van der Waals surface area (Å²) in [6, 6.07) is 26.8. The van der Waals surface area contributed by atoms with E-state index in [0.29, 0.717) is 41.3 Å². The number of methoxy groups -OCH3 is 1. The summed E-state index contributed by atoms with van der Waals surface area (Å²) in [5.74, 6) is 2.52. The monoisotopic (exact) mass is 953 g/mol. The number of morpholine rings is 1. The fourth-order valence-electron chi connectivity index (χ4n) is 11.3. The first-order valence-corrected chi connectivity index (χ1v) is 24.3. The number of cyclic esters (lactones) is 1. The molecule has 5 aromatic rings. The van der Waals surface area contributed by atoms with Crippen molar-refractivity contribution in [2.24, 2.45) is 11.8 Å². The molecule has 1 aliphatic carbocycles. The minimum atomic E-state index is -2.05. The average molecular weight is 954 g/mol. The van der Waals surface area contributed by atoms with Gasteiger partial charge < -0.3 is 29.7 Å². The lowest BCUT2D eigenvalue weighted by atomic mass is 9.64. The number of hydrogen-bond donors (Lipinski definition) is 2. The van der Waals surface area contributed by atoms with E-state index in [2.05, 4.69) is 33.2 Å². The number of benzene rings is 4. The predicted octanol–water partition coefficient (Wildman–Crippen LogP) is 6.96. The van der Waals surface area contributed by atoms with Gasteiger partial charge in [0.25, 0.3) is 0 Å². The van der Waals surface area contributed by atoms with Gasteiger partial charge in [-0.1, -0.05) is 105 Å². The summed E-state index contributed by atoms with van der Waals surface area (Å²) in [6.45, 7) is 4.62. The molecule has 3 fully saturated rings. The van der Waals surface area contributed by atoms with E-state index in [1.165, 1.54) is 19.2 Å². The van der Waals surface area contributed by atoms with Crippen molar-refractivity contribution in [3.8, 4) is 17.6 Å². The standard InChI is InChI=1S/C56H55N7O8/c1-35(2)45(51(66)70-3)59-55(69)62-43-27-22-37(21-20-36-14-7-4-8-15-36)34-42(43)56(53(62)68)44(50(65)60-30-32-61(33-31-60)54-57-28-13-29-58-54)47-52(67)71-48(39-18-11-6-12-19-39)46(38-16-9-5-10-17-38)63(47)49(56)40-23-25-41(64)26-24-40/h5-6,9-14,16-19,22-29,34-35,44-49,64H,4,7-8,15,30-33H2,1-3H3,(H,59,69). The molecule has 0 radical (unpaired) electrons. The van der Waals surface area contributed by atoms with Gasteiger partial charge in [0.05, 0.1) is 30.8 Å². The third-order valence-electron chi connectivity index (χ3n) is 14.6. The second kappa shape index (κ2) is 19.5. The summed E-state index contributed by atoms with van der Waals surface area (Å²) in [5, 5.41) is 13.6. The minimum absolute atomic E-state index is 0.0404. The first kappa shape index (κ1) is 46.9. The maximum Gasteiger partial charge on any atom is 0.329 e. The lowest BCUT2D eigenvalue weighted by molar-refractivity contribution is -0.179. The summed E-state index contributed by atoms with van der Waals surface area (Å²) in [7, 11) is 1.23. The number of imide groups is 1. The zero-order chi connectivity index (χ0) is 49.4. The number of esters is 2. The number of piperazine rings is 1. The fraction of sp³-hybridized carbons (Fsp3) is 0.339. The van der Waals surface area contributed by atoms with Crippen LogP contribution in [0.4, 0.5) is 16.4 Å². The molecule has 362 valence electrons. The van der Waals surface area contributed by atoms with Gasteiger partial charge >= 0.3 is 18.0 Å². The highest BCUT2D eigenvalue weighted by molar-refractivity contribution is 6.25. The lowest BCUT2D eigenvalue weighted by Gasteiger charge is -2.46. The molecular formula is C56H55N7O8. The van der Waals surface area contributed by atoms with Gasteiger partial charge in [0.1, 0.15) is 29.4 Å². The molecule has 5 heterocycles. The smallest absolute Gasteiger partial charge is 0.329 e. The first-order valence-electron chi connectivity index (χ1n) is 24.3. The largest absolute Gasteiger partial charge is 0.508 e. The quantitative estimate of drug-likeness (QED) is 0.121. The van der Waals surface area contributed by atoms with Crippen LogP contribution < -0.4 is 15.1 Å². The molecule has 7 unspecified atom stereocenters. The Balaban J connectivity index is 1.24. The van der Waals surface area contributed by atoms with Crippen LogP contribution in [0.1, 0.15) is 85.5 Å². The fourth-order valence-corrected chi connectivity index (χ4v) is 11.3. The molecule has 4 amide bonds. The van der Waals surface area contributed by atoms with Crippen LogP contribution in [-0.4, -0.2) is 100 Å². The molecule has 71 heavy (non-hydrogen) atoms. The molecule has 2 N–H and O–H groups in total. The summed E-state index contributed by atoms with van der Waals surface area (Å²) in [6.07, 6.45) is 8.38. The highest BCUT2D eigenvalue weighted by Gasteiger charge is 2.76. The Morgan fingerprint density at radius 2 is 1.51 bits per heavy atom. The van der Waals surface area contributed by atoms with Crippen molar-refractivity contribution < 1.29 is 38.6 Å². The number of phenolic OH excluding ortho intramolecular Hbond substituents is 1. The van der Waals surface area contributed by atoms with Crippen LogP contribution in [0.15, 0.2) is 133 Å². The van der Waals surface area contributed by atoms with Crippen molar-refractivity contribution in [2.75, 3.05) is 43.1 Å². The number of aromatic nitrogens is 2. The van der Waals surface area contributed by atoms with E-state index >= 15 is 19.2 Å². The SMILES string of the molecule is COC(=O)C(NC(=O)N1C(=O)C2(c3cc(C#CC4=CCCCC4)ccc31)C(C(=O)N1CCN(c3ncccn3)CC1)C1C(=O)OC(c3ccccc3)C(c3ccccc3)N1C2c1ccc(O)cc1)C(C)C. The number of rotatable bonds is 8. The van der Waals surface area contributed by atoms with Crippen LogP contribution in [0.3, 0.4) is 0 Å². The van der Waals surface area contributed by atoms with Crippen LogP contribution in [0, 0.1) is 23.7 Å². The molecule has 1 spiro atoms. The zero-order valence-electron chi connectivity index (χ0n) is 39.8. The molecule has 0 saturated carbocycles. The van der Waals surface area contributed by atoms with Crippen molar-refractivity contribution in [3.63, 3.8) is 0 Å². The Labute approximate surface area is 412 Å². The Kier molecular flexibility index (Phi) is 12.9. The van der Waals surface area contributed by atoms with Gasteiger partial charge in [-0.2, -0.15) is 0 Å². The van der Waals surface area contributed by atoms with E-state index in [0.717, 1.165) is 41.7 Å². The molecule has 1 aromatic heterocycles. The molecule has 0 bridgehead atoms. The summed E-state index contributed by atoms with van der Waals surface area (Å²) in [5.41, 5.74) is 1.89. The Morgan fingerprint density at radius 3 is 2.15 bits per heavy atom. The van der Waals surface area contributed by atoms with E-state index < -0.39 is 77.3 Å². The van der Waals surface area contributed by atoms with Gasteiger partial charge in [0, 0.05) is 44.1 Å². The second-order valence-corrected chi connectivity index (χ2v) is 19.0. The van der Waals surface area contributed by atoms with Crippen molar-refractivity contribution in [2.45, 2.75) is 75.2 Å². The van der Waals surface area contributed by atoms with Crippen molar-refractivity contribution in [1.82, 2.24) is 25.1 Å². The average Bonchev–Trinajstić information content (AvgIpc) is 3.86. The number of carbonyl (C=O) groups is 5. The Morgan fingerprint density at radius 1 is 0.817 bits per heavy atom. The second-order valence-electron chi connectivity index (χ2n) is 19.0. The number of aromatic hydroxyl groups is 1. The minimum Gasteiger partial charge on any atom is -0.508 e. The third kappa shape index (κ3) is 8.35. The van der Waals surface area contributed by atoms with E-state index in [4.69, 9.17) is 9.47 Å². The van der Waals surface area contributed by atoms with E-state index in [9.17, 15) is 9.90 Å². The normalized spacial score (nSPS) is 24.3. The van der Waals surface area contributed by atoms with Crippen LogP contribution in [-0.2, 0) is 34.1 Å². The number of hydrogen-bond acceptors (Lipinski definition) is 12. The van der Waals surface area contributed by atoms with E-state index in [1.807, 2.05) is 70.5 Å². The molecule has 15 heteroatoms. The van der Waals surface area contributed by atoms with Gasteiger partial charge in [0.2, 0.25) is 17.8 Å². The maximum absolute atomic E-state index is 16.7. The molecule has 7 atom stereocenters. The molecule has 4 aromatic carbocycles. The number of phenols is 1. The molecule has 15 nitrogen and oxygen atoms in total. The molecule has 4 aliphatic heterocycles. The van der Waals surface area contributed by atoms with Crippen LogP contribution in [0.5, 0.6) is 5.75 Å². The number of allylic oxidation sites excluding steroid dienone is 2. The first-order chi connectivity index (χ1) is 34.5. The number of nitrogens with zero attached hydrogens (tertiary/aromatic N) is 6. The number of carbonyl (C=O) groups excluding carboxylic acids is 5. The highest BCUT2D eigenvalue weighted by atomic mass is 16.6. The van der Waals surface area contributed by atoms with Gasteiger partial charge in [-0.05, 0) is 95.8 Å². The van der Waals surface area contributed by atoms with Crippen molar-refractivity contribution in [3.05, 3.63) is 161 Å². The van der Waals surface area contributed by atoms with Crippen LogP contribution in [0.25, 0.3) is 0 Å². The van der Waals surface area contributed by atoms with Crippen LogP contribution >= 0.6 is 0 Å². The van der Waals surface area contributed by atoms with Crippen molar-refractivity contribution in [1.29, 1.82) is 0 Å². The Bertz CT molecular complexity index is 2930. The van der Waals surface area contributed by atoms with Crippen LogP contribution in [0.2, 0.25) is 0 Å². The lowest BCUT2D eigenvalue weighted by Crippen LogP contribution is -2.60. The molecule has 5 aliphatic rings. The number of anilines is 2. The Hall–Kier alpha value is -7.83. The summed E-state index contributed by atoms with van der Waals surface area (Å²) >= 11 is 0. The van der Waals surface area contributed by atoms with Gasteiger partial charge in [-0.25, -0.2) is 24.5 Å². The summed E-state index contributed by atoms with van der Waals surface area (Å²) < 4.78 is 11.8. The topological polar surface area (TPSA) is 175 Å². The number of ether oxygens (including phenoxy) is 2. The van der Waals surface area contributed by atoms with E-state index in [-0.39, 0.29) is 24.5 Å².